The maximum Gasteiger partial charge on any atom is 0.255 e. The minimum atomic E-state index is 0.0790. The van der Waals surface area contributed by atoms with Gasteiger partial charge in [-0.2, -0.15) is 0 Å². The van der Waals surface area contributed by atoms with Gasteiger partial charge in [-0.25, -0.2) is 0 Å². The van der Waals surface area contributed by atoms with Crippen molar-refractivity contribution in [2.75, 3.05) is 13.1 Å². The van der Waals surface area contributed by atoms with Crippen molar-refractivity contribution in [3.05, 3.63) is 29.6 Å². The molecule has 3 nitrogen and oxygen atoms in total. The van der Waals surface area contributed by atoms with E-state index in [9.17, 15) is 4.79 Å². The zero-order valence-corrected chi connectivity index (χ0v) is 8.65. The van der Waals surface area contributed by atoms with Crippen molar-refractivity contribution in [1.29, 1.82) is 0 Å². The summed E-state index contributed by atoms with van der Waals surface area (Å²) in [6.07, 6.45) is 5.94. The van der Waals surface area contributed by atoms with Crippen LogP contribution in [0.3, 0.4) is 0 Å². The highest BCUT2D eigenvalue weighted by atomic mass is 16.2. The Morgan fingerprint density at radius 1 is 1.40 bits per heavy atom. The predicted molar refractivity (Wildman–Crippen MR) is 58.8 cm³/mol. The van der Waals surface area contributed by atoms with Crippen LogP contribution in [-0.2, 0) is 6.32 Å². The van der Waals surface area contributed by atoms with Gasteiger partial charge >= 0.3 is 0 Å². The number of aromatic nitrogens is 1. The molecule has 15 heavy (non-hydrogen) atoms. The number of hydrogen-bond acceptors (Lipinski definition) is 2. The molecule has 76 valence electrons. The van der Waals surface area contributed by atoms with Crippen molar-refractivity contribution in [3.8, 4) is 0 Å². The lowest BCUT2D eigenvalue weighted by Crippen LogP contribution is -2.27. The van der Waals surface area contributed by atoms with Crippen molar-refractivity contribution >= 4 is 13.8 Å². The van der Waals surface area contributed by atoms with Crippen LogP contribution in [0.25, 0.3) is 0 Å². The van der Waals surface area contributed by atoms with Crippen LogP contribution in [-0.4, -0.2) is 36.7 Å². The number of likely N-dealkylation sites (tertiary alicyclic amines) is 1. The van der Waals surface area contributed by atoms with Gasteiger partial charge in [-0.1, -0.05) is 6.32 Å². The van der Waals surface area contributed by atoms with E-state index in [2.05, 4.69) is 4.98 Å². The second-order valence-corrected chi connectivity index (χ2v) is 3.79. The molecule has 0 bridgehead atoms. The molecule has 2 rings (SSSR count). The van der Waals surface area contributed by atoms with Gasteiger partial charge in [0.2, 0.25) is 0 Å². The van der Waals surface area contributed by atoms with Crippen LogP contribution >= 0.6 is 0 Å². The Morgan fingerprint density at radius 2 is 2.13 bits per heavy atom. The summed E-state index contributed by atoms with van der Waals surface area (Å²) in [5.74, 6) is 0.0790. The first-order chi connectivity index (χ1) is 7.31. The van der Waals surface area contributed by atoms with Crippen molar-refractivity contribution in [3.63, 3.8) is 0 Å². The van der Waals surface area contributed by atoms with Gasteiger partial charge in [-0.05, 0) is 24.5 Å². The fourth-order valence-electron chi connectivity index (χ4n) is 1.82. The Hall–Kier alpha value is -1.32. The largest absolute Gasteiger partial charge is 0.339 e. The van der Waals surface area contributed by atoms with E-state index in [4.69, 9.17) is 7.85 Å². The molecular formula is C11H13BN2O. The fraction of sp³-hybridized carbons (Fsp3) is 0.455. The van der Waals surface area contributed by atoms with Crippen molar-refractivity contribution in [2.45, 2.75) is 19.2 Å². The summed E-state index contributed by atoms with van der Waals surface area (Å²) in [6.45, 7) is 1.73. The number of carbonyl (C=O) groups excluding carboxylic acids is 1. The summed E-state index contributed by atoms with van der Waals surface area (Å²) in [6, 6.07) is 1.83. The molecule has 0 N–H and O–H groups in total. The second kappa shape index (κ2) is 4.47. The van der Waals surface area contributed by atoms with Crippen LogP contribution in [0.2, 0.25) is 0 Å². The van der Waals surface area contributed by atoms with Crippen LogP contribution in [0, 0.1) is 0 Å². The standard InChI is InChI=1S/C11H13BN2O/c12-6-9-5-10(8-13-7-9)11(15)14-3-1-2-4-14/h5,7-8H,1-4,6H2. The second-order valence-electron chi connectivity index (χ2n) is 3.79. The van der Waals surface area contributed by atoms with Gasteiger partial charge in [0.25, 0.3) is 5.91 Å². The van der Waals surface area contributed by atoms with E-state index < -0.39 is 0 Å². The highest BCUT2D eigenvalue weighted by Gasteiger charge is 2.19. The maximum absolute atomic E-state index is 12.0. The molecule has 0 aromatic carbocycles. The molecule has 1 aromatic rings. The van der Waals surface area contributed by atoms with E-state index in [0.29, 0.717) is 11.9 Å². The Morgan fingerprint density at radius 3 is 2.80 bits per heavy atom. The quantitative estimate of drug-likeness (QED) is 0.667. The fourth-order valence-corrected chi connectivity index (χ4v) is 1.82. The lowest BCUT2D eigenvalue weighted by Gasteiger charge is -2.15. The normalized spacial score (nSPS) is 15.6. The number of carbonyl (C=O) groups is 1. The third-order valence-corrected chi connectivity index (χ3v) is 2.67. The van der Waals surface area contributed by atoms with E-state index in [1.54, 1.807) is 12.4 Å². The Bertz CT molecular complexity index is 361. The highest BCUT2D eigenvalue weighted by molar-refractivity contribution is 6.08. The number of amides is 1. The van der Waals surface area contributed by atoms with Gasteiger partial charge in [-0.15, -0.1) is 0 Å². The molecule has 2 radical (unpaired) electrons. The molecule has 1 saturated heterocycles. The monoisotopic (exact) mass is 200 g/mol. The van der Waals surface area contributed by atoms with E-state index in [-0.39, 0.29) is 5.91 Å². The lowest BCUT2D eigenvalue weighted by atomic mass is 9.97. The summed E-state index contributed by atoms with van der Waals surface area (Å²) in [4.78, 5) is 17.9. The first-order valence-electron chi connectivity index (χ1n) is 5.24. The lowest BCUT2D eigenvalue weighted by molar-refractivity contribution is 0.0792. The maximum atomic E-state index is 12.0. The third-order valence-electron chi connectivity index (χ3n) is 2.67. The average Bonchev–Trinajstić information content (AvgIpc) is 2.81. The molecule has 0 aliphatic carbocycles. The van der Waals surface area contributed by atoms with Crippen LogP contribution in [0.5, 0.6) is 0 Å². The average molecular weight is 200 g/mol. The van der Waals surface area contributed by atoms with Gasteiger partial charge in [0.05, 0.1) is 13.4 Å². The number of hydrogen-bond donors (Lipinski definition) is 0. The molecule has 1 aliphatic rings. The van der Waals surface area contributed by atoms with Crippen LogP contribution in [0.15, 0.2) is 18.5 Å². The Kier molecular flexibility index (Phi) is 3.04. The van der Waals surface area contributed by atoms with Crippen molar-refractivity contribution in [1.82, 2.24) is 9.88 Å². The van der Waals surface area contributed by atoms with Crippen molar-refractivity contribution in [2.24, 2.45) is 0 Å². The molecular weight excluding hydrogens is 187 g/mol. The van der Waals surface area contributed by atoms with E-state index in [0.717, 1.165) is 31.5 Å². The highest BCUT2D eigenvalue weighted by Crippen LogP contribution is 2.13. The van der Waals surface area contributed by atoms with E-state index in [1.807, 2.05) is 11.0 Å². The Labute approximate surface area is 90.9 Å². The summed E-state index contributed by atoms with van der Waals surface area (Å²) in [5, 5.41) is 0. The van der Waals surface area contributed by atoms with Gasteiger partial charge in [0, 0.05) is 25.5 Å². The minimum Gasteiger partial charge on any atom is -0.339 e. The molecule has 1 aromatic heterocycles. The Balaban J connectivity index is 2.17. The first-order valence-corrected chi connectivity index (χ1v) is 5.24. The van der Waals surface area contributed by atoms with E-state index in [1.165, 1.54) is 0 Å². The first kappa shape index (κ1) is 10.2. The number of nitrogens with zero attached hydrogens (tertiary/aromatic N) is 2. The van der Waals surface area contributed by atoms with E-state index >= 15 is 0 Å². The summed E-state index contributed by atoms with van der Waals surface area (Å²) >= 11 is 0. The van der Waals surface area contributed by atoms with Gasteiger partial charge in [0.1, 0.15) is 0 Å². The number of pyridine rings is 1. The van der Waals surface area contributed by atoms with Crippen molar-refractivity contribution < 1.29 is 4.79 Å². The van der Waals surface area contributed by atoms with Gasteiger partial charge < -0.3 is 4.90 Å². The van der Waals surface area contributed by atoms with Crippen LogP contribution in [0.4, 0.5) is 0 Å². The smallest absolute Gasteiger partial charge is 0.255 e. The molecule has 0 spiro atoms. The molecule has 0 atom stereocenters. The molecule has 0 unspecified atom stereocenters. The predicted octanol–water partition coefficient (Wildman–Crippen LogP) is 0.986. The zero-order chi connectivity index (χ0) is 10.7. The molecule has 0 saturated carbocycles. The topological polar surface area (TPSA) is 33.2 Å². The molecule has 2 heterocycles. The van der Waals surface area contributed by atoms with Crippen LogP contribution in [0.1, 0.15) is 28.8 Å². The molecule has 4 heteroatoms. The van der Waals surface area contributed by atoms with Gasteiger partial charge in [0.15, 0.2) is 0 Å². The van der Waals surface area contributed by atoms with Gasteiger partial charge in [-0.3, -0.25) is 9.78 Å². The summed E-state index contributed by atoms with van der Waals surface area (Å²) in [7, 11) is 5.51. The third kappa shape index (κ3) is 2.20. The molecule has 1 amide bonds. The minimum absolute atomic E-state index is 0.0790. The molecule has 1 fully saturated rings. The zero-order valence-electron chi connectivity index (χ0n) is 8.65. The SMILES string of the molecule is [B]Cc1cncc(C(=O)N2CCCC2)c1. The van der Waals surface area contributed by atoms with Crippen LogP contribution < -0.4 is 0 Å². The molecule has 1 aliphatic heterocycles. The number of rotatable bonds is 2. The summed E-state index contributed by atoms with van der Waals surface area (Å²) < 4.78 is 0. The summed E-state index contributed by atoms with van der Waals surface area (Å²) in [5.41, 5.74) is 1.56.